The molecule has 7 nitrogen and oxygen atoms in total. The molecule has 170 valence electrons. The number of aliphatic imine (C=N–C) groups is 1. The van der Waals surface area contributed by atoms with Crippen molar-refractivity contribution in [1.82, 2.24) is 15.1 Å². The van der Waals surface area contributed by atoms with Crippen molar-refractivity contribution in [2.75, 3.05) is 54.0 Å². The Kier molecular flexibility index (Phi) is 12.1. The van der Waals surface area contributed by atoms with E-state index in [-0.39, 0.29) is 41.9 Å². The first-order chi connectivity index (χ1) is 14.0. The van der Waals surface area contributed by atoms with Crippen molar-refractivity contribution in [3.63, 3.8) is 0 Å². The summed E-state index contributed by atoms with van der Waals surface area (Å²) in [6, 6.07) is 8.25. The zero-order chi connectivity index (χ0) is 21.2. The number of halogens is 1. The number of rotatable bonds is 8. The monoisotopic (exact) mass is 532 g/mol. The zero-order valence-electron chi connectivity index (χ0n) is 18.9. The van der Waals surface area contributed by atoms with Gasteiger partial charge in [0.25, 0.3) is 0 Å². The molecule has 1 heterocycles. The molecule has 1 aromatic carbocycles. The number of benzene rings is 1. The fraction of sp³-hybridized carbons (Fsp3) is 0.636. The summed E-state index contributed by atoms with van der Waals surface area (Å²) in [5.74, 6) is 1.51. The van der Waals surface area contributed by atoms with Gasteiger partial charge in [-0.3, -0.25) is 9.79 Å². The molecule has 0 aliphatic carbocycles. The van der Waals surface area contributed by atoms with E-state index in [4.69, 9.17) is 14.5 Å². The Morgan fingerprint density at radius 2 is 2.13 bits per heavy atom. The minimum Gasteiger partial charge on any atom is -0.497 e. The minimum absolute atomic E-state index is 0. The maximum atomic E-state index is 12.2. The van der Waals surface area contributed by atoms with Gasteiger partial charge in [-0.1, -0.05) is 12.1 Å². The highest BCUT2D eigenvalue weighted by atomic mass is 127. The molecule has 1 aromatic rings. The normalized spacial score (nSPS) is 17.9. The van der Waals surface area contributed by atoms with Crippen LogP contribution in [0.25, 0.3) is 0 Å². The second-order valence-corrected chi connectivity index (χ2v) is 7.49. The molecule has 1 aliphatic heterocycles. The van der Waals surface area contributed by atoms with Crippen molar-refractivity contribution in [3.05, 3.63) is 29.8 Å². The molecule has 1 aliphatic rings. The van der Waals surface area contributed by atoms with Crippen molar-refractivity contribution in [2.45, 2.75) is 32.7 Å². The highest BCUT2D eigenvalue weighted by molar-refractivity contribution is 14.0. The predicted molar refractivity (Wildman–Crippen MR) is 132 cm³/mol. The van der Waals surface area contributed by atoms with E-state index >= 15 is 0 Å². The number of hydrogen-bond acceptors (Lipinski definition) is 5. The second-order valence-electron chi connectivity index (χ2n) is 7.49. The van der Waals surface area contributed by atoms with E-state index in [0.717, 1.165) is 43.2 Å². The highest BCUT2D eigenvalue weighted by Gasteiger charge is 2.28. The van der Waals surface area contributed by atoms with Crippen LogP contribution in [-0.2, 0) is 9.53 Å². The van der Waals surface area contributed by atoms with Crippen molar-refractivity contribution in [1.29, 1.82) is 0 Å². The van der Waals surface area contributed by atoms with Crippen LogP contribution in [0.4, 0.5) is 0 Å². The summed E-state index contributed by atoms with van der Waals surface area (Å²) in [5.41, 5.74) is 1.16. The largest absolute Gasteiger partial charge is 0.497 e. The van der Waals surface area contributed by atoms with Crippen LogP contribution in [0.3, 0.4) is 0 Å². The van der Waals surface area contributed by atoms with Crippen molar-refractivity contribution in [3.8, 4) is 5.75 Å². The van der Waals surface area contributed by atoms with Crippen molar-refractivity contribution in [2.24, 2.45) is 10.9 Å². The Hall–Kier alpha value is -1.55. The number of hydrogen-bond donors (Lipinski definition) is 1. The number of likely N-dealkylation sites (N-methyl/N-ethyl adjacent to an activating group) is 1. The number of ether oxygens (including phenoxy) is 2. The molecule has 1 fully saturated rings. The van der Waals surface area contributed by atoms with Crippen LogP contribution < -0.4 is 10.1 Å². The Morgan fingerprint density at radius 1 is 1.37 bits per heavy atom. The quantitative estimate of drug-likeness (QED) is 0.240. The van der Waals surface area contributed by atoms with Gasteiger partial charge >= 0.3 is 5.97 Å². The smallest absolute Gasteiger partial charge is 0.310 e. The number of likely N-dealkylation sites (tertiary alicyclic amines) is 1. The third kappa shape index (κ3) is 7.61. The van der Waals surface area contributed by atoms with Gasteiger partial charge in [0.1, 0.15) is 5.75 Å². The first-order valence-electron chi connectivity index (χ1n) is 10.5. The lowest BCUT2D eigenvalue weighted by Crippen LogP contribution is -2.48. The van der Waals surface area contributed by atoms with Crippen LogP contribution in [0, 0.1) is 5.92 Å². The molecule has 1 N–H and O–H groups in total. The summed E-state index contributed by atoms with van der Waals surface area (Å²) < 4.78 is 10.6. The van der Waals surface area contributed by atoms with E-state index in [0.29, 0.717) is 19.7 Å². The van der Waals surface area contributed by atoms with Gasteiger partial charge in [0, 0.05) is 19.6 Å². The van der Waals surface area contributed by atoms with Crippen LogP contribution >= 0.6 is 24.0 Å². The third-order valence-electron chi connectivity index (χ3n) is 5.19. The van der Waals surface area contributed by atoms with Crippen LogP contribution in [0.15, 0.2) is 29.3 Å². The van der Waals surface area contributed by atoms with Crippen LogP contribution in [0.2, 0.25) is 0 Å². The Morgan fingerprint density at radius 3 is 2.77 bits per heavy atom. The van der Waals surface area contributed by atoms with Gasteiger partial charge in [-0.2, -0.15) is 0 Å². The average Bonchev–Trinajstić information content (AvgIpc) is 2.73. The molecule has 30 heavy (non-hydrogen) atoms. The van der Waals surface area contributed by atoms with Gasteiger partial charge in [-0.15, -0.1) is 24.0 Å². The minimum atomic E-state index is -0.101. The maximum absolute atomic E-state index is 12.2. The number of esters is 1. The fourth-order valence-corrected chi connectivity index (χ4v) is 3.64. The number of guanidine groups is 1. The van der Waals surface area contributed by atoms with Crippen LogP contribution in [-0.4, -0.2) is 75.7 Å². The Balaban J connectivity index is 0.00000450. The van der Waals surface area contributed by atoms with E-state index in [1.54, 1.807) is 7.11 Å². The summed E-state index contributed by atoms with van der Waals surface area (Å²) in [6.07, 6.45) is 1.83. The lowest BCUT2D eigenvalue weighted by atomic mass is 9.98. The molecule has 2 rings (SSSR count). The molecule has 0 amide bonds. The summed E-state index contributed by atoms with van der Waals surface area (Å²) in [7, 11) is 5.80. The third-order valence-corrected chi connectivity index (χ3v) is 5.19. The SMILES string of the molecule is CCNC(=NCC(c1cccc(OC)c1)N(C)C)N1CCCC(C(=O)OCC)C1.I. The highest BCUT2D eigenvalue weighted by Crippen LogP contribution is 2.23. The standard InChI is InChI=1S/C22H36N4O3.HI/c1-6-23-22(26-13-9-11-18(16-26)21(27)29-7-2)24-15-20(25(3)4)17-10-8-12-19(14-17)28-5;/h8,10,12,14,18,20H,6-7,9,11,13,15-16H2,1-5H3,(H,23,24);1H. The van der Waals surface area contributed by atoms with Gasteiger partial charge in [-0.25, -0.2) is 0 Å². The first kappa shape index (κ1) is 26.5. The van der Waals surface area contributed by atoms with Crippen molar-refractivity contribution < 1.29 is 14.3 Å². The molecule has 0 saturated carbocycles. The summed E-state index contributed by atoms with van der Waals surface area (Å²) >= 11 is 0. The van der Waals surface area contributed by atoms with Gasteiger partial charge in [0.05, 0.1) is 32.2 Å². The van der Waals surface area contributed by atoms with E-state index in [2.05, 4.69) is 48.3 Å². The molecule has 2 unspecified atom stereocenters. The fourth-order valence-electron chi connectivity index (χ4n) is 3.64. The van der Waals surface area contributed by atoms with Gasteiger partial charge < -0.3 is 24.6 Å². The summed E-state index contributed by atoms with van der Waals surface area (Å²) in [6.45, 7) is 7.28. The van der Waals surface area contributed by atoms with Gasteiger partial charge in [0.2, 0.25) is 0 Å². The molecule has 2 atom stereocenters. The van der Waals surface area contributed by atoms with Gasteiger partial charge in [0.15, 0.2) is 5.96 Å². The van der Waals surface area contributed by atoms with Crippen LogP contribution in [0.5, 0.6) is 5.75 Å². The number of nitrogens with one attached hydrogen (secondary N) is 1. The molecule has 1 saturated heterocycles. The first-order valence-corrected chi connectivity index (χ1v) is 10.5. The summed E-state index contributed by atoms with van der Waals surface area (Å²) in [4.78, 5) is 21.5. The predicted octanol–water partition coefficient (Wildman–Crippen LogP) is 3.16. The molecule has 0 aromatic heterocycles. The molecular formula is C22H37IN4O3. The molecule has 0 radical (unpaired) electrons. The van der Waals surface area contributed by atoms with Crippen LogP contribution in [0.1, 0.15) is 38.3 Å². The number of carbonyl (C=O) groups excluding carboxylic acids is 1. The van der Waals surface area contributed by atoms with Gasteiger partial charge in [-0.05, 0) is 58.5 Å². The van der Waals surface area contributed by atoms with E-state index in [9.17, 15) is 4.79 Å². The second kappa shape index (κ2) is 13.7. The van der Waals surface area contributed by atoms with E-state index in [1.807, 2.05) is 19.1 Å². The molecule has 0 bridgehead atoms. The van der Waals surface area contributed by atoms with E-state index < -0.39 is 0 Å². The zero-order valence-corrected chi connectivity index (χ0v) is 21.2. The molecule has 8 heteroatoms. The lowest BCUT2D eigenvalue weighted by molar-refractivity contribution is -0.149. The molecule has 0 spiro atoms. The topological polar surface area (TPSA) is 66.4 Å². The average molecular weight is 532 g/mol. The number of carbonyl (C=O) groups is 1. The summed E-state index contributed by atoms with van der Waals surface area (Å²) in [5, 5.41) is 3.39. The van der Waals surface area contributed by atoms with E-state index in [1.165, 1.54) is 0 Å². The lowest BCUT2D eigenvalue weighted by Gasteiger charge is -2.34. The maximum Gasteiger partial charge on any atom is 0.310 e. The molecular weight excluding hydrogens is 495 g/mol. The number of piperidine rings is 1. The van der Waals surface area contributed by atoms with Crippen molar-refractivity contribution >= 4 is 35.9 Å². The Labute approximate surface area is 198 Å². The number of nitrogens with zero attached hydrogens (tertiary/aromatic N) is 3. The number of methoxy groups -OCH3 is 1. The Bertz CT molecular complexity index is 684.